The van der Waals surface area contributed by atoms with E-state index in [-0.39, 0.29) is 18.2 Å². The van der Waals surface area contributed by atoms with Gasteiger partial charge in [-0.3, -0.25) is 4.79 Å². The number of anilines is 1. The Labute approximate surface area is 122 Å². The summed E-state index contributed by atoms with van der Waals surface area (Å²) in [6.45, 7) is 2.09. The van der Waals surface area contributed by atoms with E-state index in [0.717, 1.165) is 18.4 Å². The molecule has 3 N–H and O–H groups in total. The van der Waals surface area contributed by atoms with Crippen molar-refractivity contribution in [3.8, 4) is 0 Å². The van der Waals surface area contributed by atoms with Crippen LogP contribution in [0.2, 0.25) is 0 Å². The average Bonchev–Trinajstić information content (AvgIpc) is 2.89. The molecule has 5 nitrogen and oxygen atoms in total. The lowest BCUT2D eigenvalue weighted by molar-refractivity contribution is -0.142. The lowest BCUT2D eigenvalue weighted by Gasteiger charge is -2.16. The normalized spacial score (nSPS) is 21.0. The maximum Gasteiger partial charge on any atom is 0.319 e. The van der Waals surface area contributed by atoms with Crippen molar-refractivity contribution < 1.29 is 19.1 Å². The summed E-state index contributed by atoms with van der Waals surface area (Å²) in [6.07, 6.45) is 2.29. The minimum absolute atomic E-state index is 0.0596. The van der Waals surface area contributed by atoms with Crippen LogP contribution in [0.15, 0.2) is 18.2 Å². The Kier molecular flexibility index (Phi) is 4.77. The van der Waals surface area contributed by atoms with Crippen molar-refractivity contribution in [1.29, 1.82) is 0 Å². The number of carbonyl (C=O) groups excluding carboxylic acids is 1. The molecular weight excluding hydrogens is 275 g/mol. The number of aliphatic carboxylic acids is 1. The third kappa shape index (κ3) is 3.93. The Balaban J connectivity index is 1.87. The van der Waals surface area contributed by atoms with Gasteiger partial charge in [0.15, 0.2) is 0 Å². The molecule has 1 aromatic carbocycles. The van der Waals surface area contributed by atoms with Gasteiger partial charge >= 0.3 is 12.0 Å². The van der Waals surface area contributed by atoms with Gasteiger partial charge < -0.3 is 15.7 Å². The van der Waals surface area contributed by atoms with Crippen molar-refractivity contribution in [2.24, 2.45) is 11.8 Å². The number of hydrogen-bond donors (Lipinski definition) is 3. The quantitative estimate of drug-likeness (QED) is 0.799. The van der Waals surface area contributed by atoms with E-state index in [2.05, 4.69) is 10.6 Å². The van der Waals surface area contributed by atoms with Gasteiger partial charge in [-0.2, -0.15) is 0 Å². The molecule has 2 amide bonds. The molecule has 1 aromatic rings. The first-order chi connectivity index (χ1) is 9.97. The van der Waals surface area contributed by atoms with Gasteiger partial charge in [-0.05, 0) is 43.4 Å². The fourth-order valence-electron chi connectivity index (χ4n) is 2.73. The van der Waals surface area contributed by atoms with Crippen LogP contribution in [0.4, 0.5) is 14.9 Å². The number of carbonyl (C=O) groups is 2. The topological polar surface area (TPSA) is 78.4 Å². The van der Waals surface area contributed by atoms with Crippen LogP contribution in [0.3, 0.4) is 0 Å². The van der Waals surface area contributed by atoms with Gasteiger partial charge in [0, 0.05) is 6.54 Å². The van der Waals surface area contributed by atoms with E-state index in [9.17, 15) is 14.0 Å². The summed E-state index contributed by atoms with van der Waals surface area (Å²) in [5, 5.41) is 14.1. The Morgan fingerprint density at radius 1 is 1.38 bits per heavy atom. The van der Waals surface area contributed by atoms with E-state index in [1.165, 1.54) is 6.07 Å². The highest BCUT2D eigenvalue weighted by atomic mass is 19.1. The molecule has 0 bridgehead atoms. The van der Waals surface area contributed by atoms with Crippen LogP contribution in [0.1, 0.15) is 24.8 Å². The number of benzene rings is 1. The third-order valence-electron chi connectivity index (χ3n) is 3.87. The van der Waals surface area contributed by atoms with Crippen LogP contribution in [-0.4, -0.2) is 23.7 Å². The molecule has 21 heavy (non-hydrogen) atoms. The summed E-state index contributed by atoms with van der Waals surface area (Å²) in [4.78, 5) is 22.8. The SMILES string of the molecule is Cc1ccc(F)c(NC(=O)NCC2CCCC2C(=O)O)c1. The Morgan fingerprint density at radius 2 is 2.14 bits per heavy atom. The van der Waals surface area contributed by atoms with E-state index in [1.807, 2.05) is 0 Å². The number of urea groups is 1. The molecule has 0 saturated heterocycles. The second-order valence-electron chi connectivity index (χ2n) is 5.45. The molecule has 1 saturated carbocycles. The van der Waals surface area contributed by atoms with Crippen molar-refractivity contribution in [1.82, 2.24) is 5.32 Å². The van der Waals surface area contributed by atoms with Crippen molar-refractivity contribution in [2.75, 3.05) is 11.9 Å². The number of aryl methyl sites for hydroxylation is 1. The molecule has 2 rings (SSSR count). The summed E-state index contributed by atoms with van der Waals surface area (Å²) < 4.78 is 13.5. The van der Waals surface area contributed by atoms with Crippen LogP contribution in [0.25, 0.3) is 0 Å². The zero-order valence-electron chi connectivity index (χ0n) is 11.9. The minimum atomic E-state index is -0.815. The van der Waals surface area contributed by atoms with Crippen LogP contribution >= 0.6 is 0 Å². The smallest absolute Gasteiger partial charge is 0.319 e. The Morgan fingerprint density at radius 3 is 2.86 bits per heavy atom. The van der Waals surface area contributed by atoms with Crippen LogP contribution in [0.5, 0.6) is 0 Å². The van der Waals surface area contributed by atoms with E-state index >= 15 is 0 Å². The first-order valence-corrected chi connectivity index (χ1v) is 7.01. The van der Waals surface area contributed by atoms with Crippen LogP contribution in [-0.2, 0) is 4.79 Å². The Bertz CT molecular complexity index is 548. The number of rotatable bonds is 4. The van der Waals surface area contributed by atoms with Gasteiger partial charge in [0.25, 0.3) is 0 Å². The molecule has 0 aliphatic heterocycles. The highest BCUT2D eigenvalue weighted by Crippen LogP contribution is 2.31. The van der Waals surface area contributed by atoms with Crippen molar-refractivity contribution in [3.63, 3.8) is 0 Å². The summed E-state index contributed by atoms with van der Waals surface area (Å²) in [5.41, 5.74) is 0.960. The Hall–Kier alpha value is -2.11. The highest BCUT2D eigenvalue weighted by molar-refractivity contribution is 5.89. The second kappa shape index (κ2) is 6.56. The first kappa shape index (κ1) is 15.3. The number of amides is 2. The molecule has 2 atom stereocenters. The third-order valence-corrected chi connectivity index (χ3v) is 3.87. The van der Waals surface area contributed by atoms with E-state index in [4.69, 9.17) is 5.11 Å². The summed E-state index contributed by atoms with van der Waals surface area (Å²) >= 11 is 0. The first-order valence-electron chi connectivity index (χ1n) is 7.01. The summed E-state index contributed by atoms with van der Waals surface area (Å²) in [5.74, 6) is -1.78. The predicted molar refractivity (Wildman–Crippen MR) is 76.6 cm³/mol. The molecule has 114 valence electrons. The number of carboxylic acid groups (broad SMARTS) is 1. The highest BCUT2D eigenvalue weighted by Gasteiger charge is 2.32. The van der Waals surface area contributed by atoms with Crippen molar-refractivity contribution >= 4 is 17.7 Å². The number of halogens is 1. The van der Waals surface area contributed by atoms with E-state index < -0.39 is 23.7 Å². The second-order valence-corrected chi connectivity index (χ2v) is 5.45. The molecular formula is C15H19FN2O3. The van der Waals surface area contributed by atoms with Gasteiger partial charge in [0.1, 0.15) is 5.82 Å². The molecule has 6 heteroatoms. The molecule has 1 aliphatic rings. The van der Waals surface area contributed by atoms with Gasteiger partial charge in [-0.1, -0.05) is 12.5 Å². The van der Waals surface area contributed by atoms with Crippen molar-refractivity contribution in [2.45, 2.75) is 26.2 Å². The molecule has 1 fully saturated rings. The molecule has 0 spiro atoms. The van der Waals surface area contributed by atoms with Gasteiger partial charge in [0.2, 0.25) is 0 Å². The maximum atomic E-state index is 13.5. The molecule has 0 heterocycles. The lowest BCUT2D eigenvalue weighted by atomic mass is 9.96. The largest absolute Gasteiger partial charge is 0.481 e. The fraction of sp³-hybridized carbons (Fsp3) is 0.467. The van der Waals surface area contributed by atoms with Gasteiger partial charge in [-0.15, -0.1) is 0 Å². The number of carboxylic acids is 1. The number of nitrogens with one attached hydrogen (secondary N) is 2. The predicted octanol–water partition coefficient (Wildman–Crippen LogP) is 2.76. The van der Waals surface area contributed by atoms with Crippen molar-refractivity contribution in [3.05, 3.63) is 29.6 Å². The minimum Gasteiger partial charge on any atom is -0.481 e. The monoisotopic (exact) mass is 294 g/mol. The fourth-order valence-corrected chi connectivity index (χ4v) is 2.73. The molecule has 2 unspecified atom stereocenters. The summed E-state index contributed by atoms with van der Waals surface area (Å²) in [6, 6.07) is 3.94. The summed E-state index contributed by atoms with van der Waals surface area (Å²) in [7, 11) is 0. The maximum absolute atomic E-state index is 13.5. The van der Waals surface area contributed by atoms with Crippen LogP contribution in [0, 0.1) is 24.6 Å². The number of hydrogen-bond acceptors (Lipinski definition) is 2. The van der Waals surface area contributed by atoms with E-state index in [1.54, 1.807) is 19.1 Å². The van der Waals surface area contributed by atoms with Gasteiger partial charge in [-0.25, -0.2) is 9.18 Å². The average molecular weight is 294 g/mol. The molecule has 0 radical (unpaired) electrons. The lowest BCUT2D eigenvalue weighted by Crippen LogP contribution is -2.35. The zero-order chi connectivity index (χ0) is 15.4. The van der Waals surface area contributed by atoms with E-state index in [0.29, 0.717) is 6.42 Å². The van der Waals surface area contributed by atoms with Gasteiger partial charge in [0.05, 0.1) is 11.6 Å². The molecule has 0 aromatic heterocycles. The molecule has 1 aliphatic carbocycles. The standard InChI is InChI=1S/C15H19FN2O3/c1-9-5-6-12(16)13(7-9)18-15(21)17-8-10-3-2-4-11(10)14(19)20/h5-7,10-11H,2-4,8H2,1H3,(H,19,20)(H2,17,18,21). The van der Waals surface area contributed by atoms with Crippen LogP contribution < -0.4 is 10.6 Å². The zero-order valence-corrected chi connectivity index (χ0v) is 11.9.